The maximum Gasteiger partial charge on any atom is 0.336 e. The molecule has 1 aliphatic heterocycles. The number of Topliss-reactive ketones (excluding diaryl/α,β-unsaturated/α-hetero) is 1. The second-order valence-electron chi connectivity index (χ2n) is 7.48. The molecule has 1 aromatic rings. The van der Waals surface area contributed by atoms with Gasteiger partial charge in [-0.1, -0.05) is 32.0 Å². The molecule has 2 N–H and O–H groups in total. The van der Waals surface area contributed by atoms with E-state index < -0.39 is 11.9 Å². The molecule has 0 saturated carbocycles. The van der Waals surface area contributed by atoms with Crippen molar-refractivity contribution in [2.24, 2.45) is 5.41 Å². The summed E-state index contributed by atoms with van der Waals surface area (Å²) < 4.78 is 4.96. The number of dihydropyridines is 1. The Labute approximate surface area is 147 Å². The van der Waals surface area contributed by atoms with Crippen LogP contribution < -0.4 is 5.32 Å². The predicted molar refractivity (Wildman–Crippen MR) is 93.7 cm³/mol. The molecule has 1 aliphatic carbocycles. The third-order valence-corrected chi connectivity index (χ3v) is 4.89. The first kappa shape index (κ1) is 17.3. The number of carbonyl (C=O) groups is 2. The standard InChI is InChI=1S/C20H23NO4/c1-11-16(19(24)25-4)17(12-7-5-6-8-14(12)22)18-13(21-11)9-20(2,3)10-15(18)23/h5-8,17,21-22H,9-10H2,1-4H3/t17-/m0/s1. The van der Waals surface area contributed by atoms with Gasteiger partial charge in [-0.2, -0.15) is 0 Å². The Kier molecular flexibility index (Phi) is 4.19. The lowest BCUT2D eigenvalue weighted by atomic mass is 9.68. The van der Waals surface area contributed by atoms with Crippen molar-refractivity contribution in [2.75, 3.05) is 7.11 Å². The molecule has 0 bridgehead atoms. The fourth-order valence-electron chi connectivity index (χ4n) is 3.86. The van der Waals surface area contributed by atoms with Gasteiger partial charge in [-0.25, -0.2) is 4.79 Å². The molecule has 25 heavy (non-hydrogen) atoms. The van der Waals surface area contributed by atoms with Crippen molar-refractivity contribution >= 4 is 11.8 Å². The lowest BCUT2D eigenvalue weighted by Gasteiger charge is -2.39. The Morgan fingerprint density at radius 1 is 1.28 bits per heavy atom. The van der Waals surface area contributed by atoms with Gasteiger partial charge in [0.15, 0.2) is 5.78 Å². The smallest absolute Gasteiger partial charge is 0.336 e. The summed E-state index contributed by atoms with van der Waals surface area (Å²) in [6, 6.07) is 6.83. The highest BCUT2D eigenvalue weighted by atomic mass is 16.5. The highest BCUT2D eigenvalue weighted by molar-refractivity contribution is 6.04. The molecule has 5 nitrogen and oxygen atoms in total. The van der Waals surface area contributed by atoms with Gasteiger partial charge in [0.2, 0.25) is 0 Å². The van der Waals surface area contributed by atoms with Crippen LogP contribution in [0.25, 0.3) is 0 Å². The summed E-state index contributed by atoms with van der Waals surface area (Å²) in [6.45, 7) is 5.91. The number of methoxy groups -OCH3 is 1. The number of benzene rings is 1. The van der Waals surface area contributed by atoms with Crippen LogP contribution in [0.1, 0.15) is 45.1 Å². The molecule has 0 saturated heterocycles. The normalized spacial score (nSPS) is 22.4. The number of para-hydroxylation sites is 1. The van der Waals surface area contributed by atoms with Gasteiger partial charge in [0.1, 0.15) is 5.75 Å². The van der Waals surface area contributed by atoms with Gasteiger partial charge >= 0.3 is 5.97 Å². The van der Waals surface area contributed by atoms with Crippen molar-refractivity contribution in [3.8, 4) is 5.75 Å². The molecule has 2 aliphatic rings. The monoisotopic (exact) mass is 341 g/mol. The Balaban J connectivity index is 2.24. The molecule has 0 aromatic heterocycles. The second kappa shape index (κ2) is 6.06. The van der Waals surface area contributed by atoms with Crippen LogP contribution in [0.4, 0.5) is 0 Å². The average Bonchev–Trinajstić information content (AvgIpc) is 2.52. The van der Waals surface area contributed by atoms with E-state index in [0.29, 0.717) is 35.2 Å². The van der Waals surface area contributed by atoms with Gasteiger partial charge < -0.3 is 15.2 Å². The molecule has 3 rings (SSSR count). The summed E-state index contributed by atoms with van der Waals surface area (Å²) in [5, 5.41) is 13.6. The van der Waals surface area contributed by atoms with E-state index in [1.165, 1.54) is 7.11 Å². The van der Waals surface area contributed by atoms with Gasteiger partial charge in [-0.3, -0.25) is 4.79 Å². The van der Waals surface area contributed by atoms with Gasteiger partial charge in [0, 0.05) is 29.0 Å². The molecule has 1 aromatic carbocycles. The number of hydrogen-bond donors (Lipinski definition) is 2. The van der Waals surface area contributed by atoms with Gasteiger partial charge in [0.25, 0.3) is 0 Å². The predicted octanol–water partition coefficient (Wildman–Crippen LogP) is 3.17. The zero-order valence-electron chi connectivity index (χ0n) is 15.0. The molecule has 0 fully saturated rings. The van der Waals surface area contributed by atoms with Crippen LogP contribution >= 0.6 is 0 Å². The van der Waals surface area contributed by atoms with Crippen molar-refractivity contribution in [1.82, 2.24) is 5.32 Å². The first-order chi connectivity index (χ1) is 11.7. The lowest BCUT2D eigenvalue weighted by molar-refractivity contribution is -0.136. The largest absolute Gasteiger partial charge is 0.508 e. The molecule has 5 heteroatoms. The molecular formula is C20H23NO4. The van der Waals surface area contributed by atoms with Crippen LogP contribution in [0.3, 0.4) is 0 Å². The van der Waals surface area contributed by atoms with E-state index in [0.717, 1.165) is 5.70 Å². The summed E-state index contributed by atoms with van der Waals surface area (Å²) in [7, 11) is 1.32. The van der Waals surface area contributed by atoms with Crippen LogP contribution in [0.15, 0.2) is 46.8 Å². The Bertz CT molecular complexity index is 817. The molecule has 0 radical (unpaired) electrons. The molecule has 0 amide bonds. The van der Waals surface area contributed by atoms with E-state index in [4.69, 9.17) is 4.74 Å². The zero-order chi connectivity index (χ0) is 18.4. The summed E-state index contributed by atoms with van der Waals surface area (Å²) >= 11 is 0. The first-order valence-corrected chi connectivity index (χ1v) is 8.35. The van der Waals surface area contributed by atoms with Crippen LogP contribution in [0, 0.1) is 5.41 Å². The molecule has 1 heterocycles. The minimum atomic E-state index is -0.617. The molecule has 132 valence electrons. The Hall–Kier alpha value is -2.56. The third kappa shape index (κ3) is 2.95. The van der Waals surface area contributed by atoms with Crippen molar-refractivity contribution in [3.05, 3.63) is 52.4 Å². The Morgan fingerprint density at radius 3 is 2.60 bits per heavy atom. The first-order valence-electron chi connectivity index (χ1n) is 8.35. The fraction of sp³-hybridized carbons (Fsp3) is 0.400. The highest BCUT2D eigenvalue weighted by Gasteiger charge is 2.43. The number of allylic oxidation sites excluding steroid dienone is 3. The van der Waals surface area contributed by atoms with Crippen molar-refractivity contribution in [3.63, 3.8) is 0 Å². The van der Waals surface area contributed by atoms with E-state index in [9.17, 15) is 14.7 Å². The SMILES string of the molecule is COC(=O)C1=C(C)NC2=C(C(=O)CC(C)(C)C2)[C@H]1c1ccccc1O. The minimum absolute atomic E-state index is 0.000839. The number of ketones is 1. The van der Waals surface area contributed by atoms with E-state index in [-0.39, 0.29) is 16.9 Å². The number of nitrogens with one attached hydrogen (secondary N) is 1. The maximum atomic E-state index is 12.9. The number of phenols is 1. The third-order valence-electron chi connectivity index (χ3n) is 4.89. The van der Waals surface area contributed by atoms with E-state index >= 15 is 0 Å². The molecule has 0 spiro atoms. The number of carbonyl (C=O) groups excluding carboxylic acids is 2. The van der Waals surface area contributed by atoms with Gasteiger partial charge in [-0.15, -0.1) is 0 Å². The van der Waals surface area contributed by atoms with Crippen LogP contribution in [0.5, 0.6) is 5.75 Å². The Morgan fingerprint density at radius 2 is 1.96 bits per heavy atom. The fourth-order valence-corrected chi connectivity index (χ4v) is 3.86. The number of aromatic hydroxyl groups is 1. The summed E-state index contributed by atoms with van der Waals surface area (Å²) in [6.07, 6.45) is 1.12. The zero-order valence-corrected chi connectivity index (χ0v) is 15.0. The van der Waals surface area contributed by atoms with Crippen LogP contribution in [-0.4, -0.2) is 24.0 Å². The van der Waals surface area contributed by atoms with Crippen LogP contribution in [0.2, 0.25) is 0 Å². The molecule has 0 unspecified atom stereocenters. The summed E-state index contributed by atoms with van der Waals surface area (Å²) in [5.41, 5.74) is 2.82. The van der Waals surface area contributed by atoms with Crippen molar-refractivity contribution in [1.29, 1.82) is 0 Å². The number of ether oxygens (including phenoxy) is 1. The molecule has 1 atom stereocenters. The van der Waals surface area contributed by atoms with Crippen molar-refractivity contribution < 1.29 is 19.4 Å². The van der Waals surface area contributed by atoms with E-state index in [1.54, 1.807) is 31.2 Å². The lowest BCUT2D eigenvalue weighted by Crippen LogP contribution is -2.38. The van der Waals surface area contributed by atoms with Gasteiger partial charge in [-0.05, 0) is 24.8 Å². The van der Waals surface area contributed by atoms with Gasteiger partial charge in [0.05, 0.1) is 18.6 Å². The average molecular weight is 341 g/mol. The second-order valence-corrected chi connectivity index (χ2v) is 7.48. The van der Waals surface area contributed by atoms with E-state index in [2.05, 4.69) is 19.2 Å². The maximum absolute atomic E-state index is 12.9. The summed E-state index contributed by atoms with van der Waals surface area (Å²) in [5.74, 6) is -1.05. The quantitative estimate of drug-likeness (QED) is 0.808. The number of hydrogen-bond acceptors (Lipinski definition) is 5. The van der Waals surface area contributed by atoms with Crippen molar-refractivity contribution in [2.45, 2.75) is 39.5 Å². The molecular weight excluding hydrogens is 318 g/mol. The number of rotatable bonds is 2. The highest BCUT2D eigenvalue weighted by Crippen LogP contribution is 2.48. The minimum Gasteiger partial charge on any atom is -0.508 e. The number of phenolic OH excluding ortho intramolecular Hbond substituents is 1. The number of esters is 1. The topological polar surface area (TPSA) is 75.6 Å². The summed E-state index contributed by atoms with van der Waals surface area (Å²) in [4.78, 5) is 25.4. The van der Waals surface area contributed by atoms with E-state index in [1.807, 2.05) is 0 Å². The van der Waals surface area contributed by atoms with Crippen LogP contribution in [-0.2, 0) is 14.3 Å².